The molecular weight excluding hydrogens is 336 g/mol. The molecule has 0 spiro atoms. The van der Waals surface area contributed by atoms with E-state index in [1.807, 2.05) is 24.5 Å². The average molecular weight is 352 g/mol. The third-order valence-corrected chi connectivity index (χ3v) is 4.71. The summed E-state index contributed by atoms with van der Waals surface area (Å²) in [5.74, 6) is -0.221. The lowest BCUT2D eigenvalue weighted by atomic mass is 10.2. The van der Waals surface area contributed by atoms with Gasteiger partial charge >= 0.3 is 0 Å². The van der Waals surface area contributed by atoms with E-state index in [0.29, 0.717) is 5.69 Å². The maximum absolute atomic E-state index is 12.4. The monoisotopic (exact) mass is 352 g/mol. The van der Waals surface area contributed by atoms with Crippen LogP contribution in [0, 0.1) is 0 Å². The molecule has 0 aliphatic carbocycles. The molecule has 0 aliphatic rings. The Balaban J connectivity index is 2.37. The molecule has 2 rings (SSSR count). The number of thioether (sulfide) groups is 1. The SMILES string of the molecule is COc1ccc(S(N)(=O)=O)cc1C(=O)Nc1cccc(SC)c1. The number of ether oxygens (including phenoxy) is 1. The van der Waals surface area contributed by atoms with Crippen molar-refractivity contribution in [2.45, 2.75) is 9.79 Å². The lowest BCUT2D eigenvalue weighted by Crippen LogP contribution is -2.16. The topological polar surface area (TPSA) is 98.5 Å². The van der Waals surface area contributed by atoms with Gasteiger partial charge in [-0.2, -0.15) is 0 Å². The van der Waals surface area contributed by atoms with E-state index in [-0.39, 0.29) is 16.2 Å². The molecule has 0 saturated carbocycles. The third-order valence-electron chi connectivity index (χ3n) is 3.07. The average Bonchev–Trinajstić information content (AvgIpc) is 2.53. The molecule has 0 atom stereocenters. The molecule has 0 unspecified atom stereocenters. The van der Waals surface area contributed by atoms with Crippen molar-refractivity contribution in [3.8, 4) is 5.75 Å². The van der Waals surface area contributed by atoms with Crippen molar-refractivity contribution in [3.05, 3.63) is 48.0 Å². The Bertz CT molecular complexity index is 835. The highest BCUT2D eigenvalue weighted by Crippen LogP contribution is 2.24. The third kappa shape index (κ3) is 4.25. The molecule has 0 heterocycles. The van der Waals surface area contributed by atoms with E-state index in [0.717, 1.165) is 4.90 Å². The molecule has 0 aromatic heterocycles. The zero-order valence-corrected chi connectivity index (χ0v) is 14.2. The number of hydrogen-bond donors (Lipinski definition) is 2. The number of carbonyl (C=O) groups is 1. The van der Waals surface area contributed by atoms with Crippen molar-refractivity contribution in [1.82, 2.24) is 0 Å². The Hall–Kier alpha value is -2.03. The maximum Gasteiger partial charge on any atom is 0.259 e. The van der Waals surface area contributed by atoms with Crippen LogP contribution in [-0.4, -0.2) is 27.7 Å². The molecule has 1 amide bonds. The highest BCUT2D eigenvalue weighted by Gasteiger charge is 2.17. The van der Waals surface area contributed by atoms with Crippen molar-refractivity contribution in [2.24, 2.45) is 5.14 Å². The number of nitrogens with one attached hydrogen (secondary N) is 1. The number of benzene rings is 2. The molecule has 0 aliphatic heterocycles. The summed E-state index contributed by atoms with van der Waals surface area (Å²) >= 11 is 1.55. The van der Waals surface area contributed by atoms with Crippen molar-refractivity contribution < 1.29 is 17.9 Å². The number of primary sulfonamides is 1. The van der Waals surface area contributed by atoms with Gasteiger partial charge in [0.15, 0.2) is 0 Å². The summed E-state index contributed by atoms with van der Waals surface area (Å²) in [6.45, 7) is 0. The van der Waals surface area contributed by atoms with Gasteiger partial charge in [-0.15, -0.1) is 11.8 Å². The normalized spacial score (nSPS) is 11.1. The Morgan fingerprint density at radius 2 is 1.96 bits per heavy atom. The lowest BCUT2D eigenvalue weighted by molar-refractivity contribution is 0.102. The van der Waals surface area contributed by atoms with E-state index >= 15 is 0 Å². The van der Waals surface area contributed by atoms with E-state index in [1.54, 1.807) is 17.8 Å². The van der Waals surface area contributed by atoms with E-state index in [9.17, 15) is 13.2 Å². The van der Waals surface area contributed by atoms with Gasteiger partial charge in [0.05, 0.1) is 17.6 Å². The summed E-state index contributed by atoms with van der Waals surface area (Å²) in [6.07, 6.45) is 1.93. The van der Waals surface area contributed by atoms with E-state index < -0.39 is 15.9 Å². The van der Waals surface area contributed by atoms with Gasteiger partial charge in [-0.1, -0.05) is 6.07 Å². The minimum Gasteiger partial charge on any atom is -0.496 e. The van der Waals surface area contributed by atoms with Crippen LogP contribution in [0.4, 0.5) is 5.69 Å². The van der Waals surface area contributed by atoms with Gasteiger partial charge in [-0.3, -0.25) is 4.79 Å². The van der Waals surface area contributed by atoms with Crippen LogP contribution in [-0.2, 0) is 10.0 Å². The minimum atomic E-state index is -3.91. The number of sulfonamides is 1. The van der Waals surface area contributed by atoms with Crippen LogP contribution in [0.15, 0.2) is 52.3 Å². The van der Waals surface area contributed by atoms with Gasteiger partial charge in [-0.25, -0.2) is 13.6 Å². The number of methoxy groups -OCH3 is 1. The molecule has 0 fully saturated rings. The number of carbonyl (C=O) groups excluding carboxylic acids is 1. The number of hydrogen-bond acceptors (Lipinski definition) is 5. The second kappa shape index (κ2) is 7.03. The molecule has 23 heavy (non-hydrogen) atoms. The van der Waals surface area contributed by atoms with Gasteiger partial charge in [0, 0.05) is 10.6 Å². The number of amides is 1. The summed E-state index contributed by atoms with van der Waals surface area (Å²) in [5.41, 5.74) is 0.693. The van der Waals surface area contributed by atoms with Gasteiger partial charge in [0.2, 0.25) is 10.0 Å². The fourth-order valence-electron chi connectivity index (χ4n) is 1.94. The Morgan fingerprint density at radius 3 is 2.57 bits per heavy atom. The fourth-order valence-corrected chi connectivity index (χ4v) is 2.94. The molecule has 6 nitrogen and oxygen atoms in total. The van der Waals surface area contributed by atoms with Crippen LogP contribution < -0.4 is 15.2 Å². The zero-order chi connectivity index (χ0) is 17.0. The van der Waals surface area contributed by atoms with Gasteiger partial charge in [0.1, 0.15) is 5.75 Å². The Kier molecular flexibility index (Phi) is 5.30. The zero-order valence-electron chi connectivity index (χ0n) is 12.6. The fraction of sp³-hybridized carbons (Fsp3) is 0.133. The van der Waals surface area contributed by atoms with Crippen molar-refractivity contribution in [3.63, 3.8) is 0 Å². The van der Waals surface area contributed by atoms with Crippen molar-refractivity contribution in [2.75, 3.05) is 18.7 Å². The highest BCUT2D eigenvalue weighted by atomic mass is 32.2. The van der Waals surface area contributed by atoms with Gasteiger partial charge < -0.3 is 10.1 Å². The molecule has 3 N–H and O–H groups in total. The number of rotatable bonds is 5. The number of nitrogens with two attached hydrogens (primary N) is 1. The lowest BCUT2D eigenvalue weighted by Gasteiger charge is -2.11. The number of anilines is 1. The summed E-state index contributed by atoms with van der Waals surface area (Å²) in [6, 6.07) is 11.2. The van der Waals surface area contributed by atoms with Crippen molar-refractivity contribution >= 4 is 33.4 Å². The first kappa shape index (κ1) is 17.3. The highest BCUT2D eigenvalue weighted by molar-refractivity contribution is 7.98. The van der Waals surface area contributed by atoms with Crippen molar-refractivity contribution in [1.29, 1.82) is 0 Å². The molecule has 2 aromatic rings. The van der Waals surface area contributed by atoms with E-state index in [4.69, 9.17) is 9.88 Å². The summed E-state index contributed by atoms with van der Waals surface area (Å²) in [7, 11) is -2.51. The molecule has 0 saturated heterocycles. The van der Waals surface area contributed by atoms with Crippen LogP contribution >= 0.6 is 11.8 Å². The van der Waals surface area contributed by atoms with Gasteiger partial charge in [-0.05, 0) is 42.7 Å². The second-order valence-electron chi connectivity index (χ2n) is 4.59. The molecule has 2 aromatic carbocycles. The van der Waals surface area contributed by atoms with E-state index in [1.165, 1.54) is 25.3 Å². The Labute approximate surface area is 139 Å². The van der Waals surface area contributed by atoms with Crippen LogP contribution in [0.3, 0.4) is 0 Å². The van der Waals surface area contributed by atoms with Crippen LogP contribution in [0.1, 0.15) is 10.4 Å². The first-order valence-corrected chi connectivity index (χ1v) is 9.28. The van der Waals surface area contributed by atoms with Crippen LogP contribution in [0.25, 0.3) is 0 Å². The maximum atomic E-state index is 12.4. The molecule has 0 bridgehead atoms. The minimum absolute atomic E-state index is 0.0913. The first-order chi connectivity index (χ1) is 10.8. The summed E-state index contributed by atoms with van der Waals surface area (Å²) < 4.78 is 28.0. The molecule has 122 valence electrons. The predicted octanol–water partition coefficient (Wildman–Crippen LogP) is 2.32. The van der Waals surface area contributed by atoms with E-state index in [2.05, 4.69) is 5.32 Å². The summed E-state index contributed by atoms with van der Waals surface area (Å²) in [5, 5.41) is 7.82. The summed E-state index contributed by atoms with van der Waals surface area (Å²) in [4.78, 5) is 13.3. The van der Waals surface area contributed by atoms with Gasteiger partial charge in [0.25, 0.3) is 5.91 Å². The molecular formula is C15H16N2O4S2. The smallest absolute Gasteiger partial charge is 0.259 e. The second-order valence-corrected chi connectivity index (χ2v) is 7.03. The van der Waals surface area contributed by atoms with Crippen LogP contribution in [0.5, 0.6) is 5.75 Å². The van der Waals surface area contributed by atoms with Crippen LogP contribution in [0.2, 0.25) is 0 Å². The quantitative estimate of drug-likeness (QED) is 0.805. The largest absolute Gasteiger partial charge is 0.496 e. The first-order valence-electron chi connectivity index (χ1n) is 6.51. The Morgan fingerprint density at radius 1 is 1.22 bits per heavy atom. The predicted molar refractivity (Wildman–Crippen MR) is 90.5 cm³/mol. The standard InChI is InChI=1S/C15H16N2O4S2/c1-21-14-7-6-12(23(16,19)20)9-13(14)15(18)17-10-4-3-5-11(8-10)22-2/h3-9H,1-2H3,(H,17,18)(H2,16,19,20). The molecule has 8 heteroatoms. The molecule has 0 radical (unpaired) electrons.